The molecule has 2 aromatic rings. The number of sulfonamides is 1. The number of aryl methyl sites for hydroxylation is 1. The molecular formula is C19H22N2O5S. The molecule has 0 spiro atoms. The number of hydrogen-bond donors (Lipinski definition) is 1. The second-order valence-electron chi connectivity index (χ2n) is 6.06. The van der Waals surface area contributed by atoms with Crippen molar-refractivity contribution in [1.29, 1.82) is 0 Å². The molecule has 144 valence electrons. The van der Waals surface area contributed by atoms with Crippen LogP contribution in [0, 0.1) is 6.92 Å². The minimum atomic E-state index is -3.82. The summed E-state index contributed by atoms with van der Waals surface area (Å²) in [7, 11) is -2.54. The zero-order chi connectivity index (χ0) is 20.0. The Labute approximate surface area is 159 Å². The van der Waals surface area contributed by atoms with E-state index >= 15 is 0 Å². The lowest BCUT2D eigenvalue weighted by Gasteiger charge is -2.18. The van der Waals surface area contributed by atoms with E-state index < -0.39 is 34.5 Å². The number of rotatable bonds is 7. The summed E-state index contributed by atoms with van der Waals surface area (Å²) < 4.78 is 30.9. The van der Waals surface area contributed by atoms with Crippen LogP contribution in [0.3, 0.4) is 0 Å². The second kappa shape index (κ2) is 8.79. The first-order valence-corrected chi connectivity index (χ1v) is 9.72. The van der Waals surface area contributed by atoms with Gasteiger partial charge in [-0.05, 0) is 38.1 Å². The molecule has 0 heterocycles. The molecule has 0 saturated carbocycles. The first kappa shape index (κ1) is 20.6. The van der Waals surface area contributed by atoms with Gasteiger partial charge in [-0.1, -0.05) is 35.9 Å². The Morgan fingerprint density at radius 3 is 2.26 bits per heavy atom. The second-order valence-corrected chi connectivity index (χ2v) is 8.11. The first-order chi connectivity index (χ1) is 12.7. The van der Waals surface area contributed by atoms with Crippen molar-refractivity contribution in [1.82, 2.24) is 4.31 Å². The van der Waals surface area contributed by atoms with Crippen molar-refractivity contribution >= 4 is 27.6 Å². The fraction of sp³-hybridized carbons (Fsp3) is 0.263. The molecule has 2 aromatic carbocycles. The number of carbonyl (C=O) groups excluding carboxylic acids is 2. The summed E-state index contributed by atoms with van der Waals surface area (Å²) >= 11 is 0. The van der Waals surface area contributed by atoms with Crippen molar-refractivity contribution < 1.29 is 22.7 Å². The molecule has 8 heteroatoms. The lowest BCUT2D eigenvalue weighted by atomic mass is 10.2. The van der Waals surface area contributed by atoms with Crippen molar-refractivity contribution in [2.45, 2.75) is 24.8 Å². The van der Waals surface area contributed by atoms with Crippen LogP contribution in [-0.2, 0) is 24.3 Å². The normalized spacial score (nSPS) is 12.4. The number of amides is 1. The topological polar surface area (TPSA) is 92.8 Å². The molecule has 0 aromatic heterocycles. The highest BCUT2D eigenvalue weighted by atomic mass is 32.2. The summed E-state index contributed by atoms with van der Waals surface area (Å²) in [5.74, 6) is -1.32. The standard InChI is InChI=1S/C19H22N2O5S/c1-14-9-11-17(12-10-14)27(24,25)21(3)13-18(22)26-15(2)19(23)20-16-7-5-4-6-8-16/h4-12,15H,13H2,1-3H3,(H,20,23)/t15-/m0/s1. The Hall–Kier alpha value is -2.71. The Morgan fingerprint density at radius 2 is 1.67 bits per heavy atom. The predicted molar refractivity (Wildman–Crippen MR) is 102 cm³/mol. The van der Waals surface area contributed by atoms with E-state index in [1.165, 1.54) is 26.1 Å². The van der Waals surface area contributed by atoms with Crippen LogP contribution < -0.4 is 5.32 Å². The summed E-state index contributed by atoms with van der Waals surface area (Å²) in [6.45, 7) is 2.77. The van der Waals surface area contributed by atoms with E-state index in [0.29, 0.717) is 5.69 Å². The Morgan fingerprint density at radius 1 is 1.07 bits per heavy atom. The third-order valence-electron chi connectivity index (χ3n) is 3.80. The number of benzene rings is 2. The van der Waals surface area contributed by atoms with Gasteiger partial charge in [0.05, 0.1) is 4.90 Å². The van der Waals surface area contributed by atoms with Crippen molar-refractivity contribution in [2.24, 2.45) is 0 Å². The van der Waals surface area contributed by atoms with E-state index in [4.69, 9.17) is 4.74 Å². The molecule has 1 amide bonds. The first-order valence-electron chi connectivity index (χ1n) is 8.28. The minimum absolute atomic E-state index is 0.0817. The fourth-order valence-electron chi connectivity index (χ4n) is 2.21. The number of para-hydroxylation sites is 1. The molecule has 0 radical (unpaired) electrons. The highest BCUT2D eigenvalue weighted by Crippen LogP contribution is 2.15. The largest absolute Gasteiger partial charge is 0.452 e. The maximum absolute atomic E-state index is 12.5. The van der Waals surface area contributed by atoms with Gasteiger partial charge >= 0.3 is 5.97 Å². The highest BCUT2D eigenvalue weighted by molar-refractivity contribution is 7.89. The molecule has 1 atom stereocenters. The molecule has 0 unspecified atom stereocenters. The Balaban J connectivity index is 1.93. The molecule has 0 fully saturated rings. The molecular weight excluding hydrogens is 368 g/mol. The quantitative estimate of drug-likeness (QED) is 0.732. The van der Waals surface area contributed by atoms with Crippen molar-refractivity contribution in [3.8, 4) is 0 Å². The van der Waals surface area contributed by atoms with Gasteiger partial charge in [0.2, 0.25) is 10.0 Å². The number of ether oxygens (including phenoxy) is 1. The van der Waals surface area contributed by atoms with Crippen molar-refractivity contribution in [2.75, 3.05) is 18.9 Å². The van der Waals surface area contributed by atoms with E-state index in [1.807, 2.05) is 13.0 Å². The van der Waals surface area contributed by atoms with E-state index in [9.17, 15) is 18.0 Å². The summed E-state index contributed by atoms with van der Waals surface area (Å²) in [5, 5.41) is 2.61. The van der Waals surface area contributed by atoms with Gasteiger partial charge in [0.15, 0.2) is 6.10 Å². The van der Waals surface area contributed by atoms with E-state index in [1.54, 1.807) is 36.4 Å². The third-order valence-corrected chi connectivity index (χ3v) is 5.62. The van der Waals surface area contributed by atoms with E-state index in [2.05, 4.69) is 5.32 Å². The molecule has 0 aliphatic rings. The van der Waals surface area contributed by atoms with Crippen LogP contribution in [0.5, 0.6) is 0 Å². The predicted octanol–water partition coefficient (Wildman–Crippen LogP) is 2.19. The van der Waals surface area contributed by atoms with E-state index in [-0.39, 0.29) is 4.90 Å². The fourth-order valence-corrected chi connectivity index (χ4v) is 3.33. The van der Waals surface area contributed by atoms with Crippen molar-refractivity contribution in [3.63, 3.8) is 0 Å². The van der Waals surface area contributed by atoms with Crippen LogP contribution in [-0.4, -0.2) is 44.3 Å². The van der Waals surface area contributed by atoms with Gasteiger partial charge in [0.25, 0.3) is 5.91 Å². The van der Waals surface area contributed by atoms with Gasteiger partial charge in [-0.3, -0.25) is 9.59 Å². The molecule has 0 bridgehead atoms. The lowest BCUT2D eigenvalue weighted by Crippen LogP contribution is -2.37. The number of nitrogens with one attached hydrogen (secondary N) is 1. The summed E-state index contributed by atoms with van der Waals surface area (Å²) in [5.41, 5.74) is 1.50. The minimum Gasteiger partial charge on any atom is -0.452 e. The lowest BCUT2D eigenvalue weighted by molar-refractivity contribution is -0.153. The molecule has 0 saturated heterocycles. The van der Waals surface area contributed by atoms with Gasteiger partial charge in [-0.15, -0.1) is 0 Å². The number of hydrogen-bond acceptors (Lipinski definition) is 5. The SMILES string of the molecule is Cc1ccc(S(=O)(=O)N(C)CC(=O)O[C@@H](C)C(=O)Nc2ccccc2)cc1. The van der Waals surface area contributed by atoms with Crippen LogP contribution in [0.2, 0.25) is 0 Å². The summed E-state index contributed by atoms with van der Waals surface area (Å²) in [6.07, 6.45) is -1.06. The van der Waals surface area contributed by atoms with E-state index in [0.717, 1.165) is 9.87 Å². The number of esters is 1. The van der Waals surface area contributed by atoms with Gasteiger partial charge in [0, 0.05) is 12.7 Å². The number of nitrogens with zero attached hydrogens (tertiary/aromatic N) is 1. The molecule has 2 rings (SSSR count). The molecule has 27 heavy (non-hydrogen) atoms. The zero-order valence-electron chi connectivity index (χ0n) is 15.4. The number of anilines is 1. The summed E-state index contributed by atoms with van der Waals surface area (Å²) in [6, 6.07) is 15.0. The number of likely N-dealkylation sites (N-methyl/N-ethyl adjacent to an activating group) is 1. The van der Waals surface area contributed by atoms with Gasteiger partial charge < -0.3 is 10.1 Å². The van der Waals surface area contributed by atoms with Crippen LogP contribution >= 0.6 is 0 Å². The smallest absolute Gasteiger partial charge is 0.322 e. The van der Waals surface area contributed by atoms with Gasteiger partial charge in [0.1, 0.15) is 6.54 Å². The molecule has 7 nitrogen and oxygen atoms in total. The van der Waals surface area contributed by atoms with Crippen molar-refractivity contribution in [3.05, 3.63) is 60.2 Å². The highest BCUT2D eigenvalue weighted by Gasteiger charge is 2.25. The average molecular weight is 390 g/mol. The molecule has 0 aliphatic carbocycles. The average Bonchev–Trinajstić information content (AvgIpc) is 2.62. The van der Waals surface area contributed by atoms with Crippen LogP contribution in [0.15, 0.2) is 59.5 Å². The maximum Gasteiger partial charge on any atom is 0.322 e. The third kappa shape index (κ3) is 5.63. The molecule has 0 aliphatic heterocycles. The summed E-state index contributed by atoms with van der Waals surface area (Å²) in [4.78, 5) is 24.2. The Bertz CT molecular complexity index is 895. The zero-order valence-corrected chi connectivity index (χ0v) is 16.2. The monoisotopic (exact) mass is 390 g/mol. The van der Waals surface area contributed by atoms with Gasteiger partial charge in [-0.2, -0.15) is 4.31 Å². The van der Waals surface area contributed by atoms with Crippen LogP contribution in [0.25, 0.3) is 0 Å². The molecule has 1 N–H and O–H groups in total. The number of carbonyl (C=O) groups is 2. The van der Waals surface area contributed by atoms with Crippen LogP contribution in [0.1, 0.15) is 12.5 Å². The van der Waals surface area contributed by atoms with Crippen LogP contribution in [0.4, 0.5) is 5.69 Å². The van der Waals surface area contributed by atoms with Gasteiger partial charge in [-0.25, -0.2) is 8.42 Å². The maximum atomic E-state index is 12.5. The Kier molecular flexibility index (Phi) is 6.70.